The summed E-state index contributed by atoms with van der Waals surface area (Å²) in [6.07, 6.45) is 6.09. The first-order valence-corrected chi connectivity index (χ1v) is 8.33. The predicted molar refractivity (Wildman–Crippen MR) is 90.8 cm³/mol. The van der Waals surface area contributed by atoms with Crippen molar-refractivity contribution in [2.75, 3.05) is 24.5 Å². The van der Waals surface area contributed by atoms with Gasteiger partial charge in [0.1, 0.15) is 0 Å². The molecule has 2 unspecified atom stereocenters. The van der Waals surface area contributed by atoms with Gasteiger partial charge in [0, 0.05) is 36.5 Å². The number of pyridine rings is 1. The molecule has 3 saturated heterocycles. The fourth-order valence-electron chi connectivity index (χ4n) is 3.63. The van der Waals surface area contributed by atoms with Gasteiger partial charge in [-0.1, -0.05) is 30.3 Å². The van der Waals surface area contributed by atoms with Crippen LogP contribution in [-0.4, -0.2) is 36.4 Å². The molecule has 4 nitrogen and oxygen atoms in total. The highest BCUT2D eigenvalue weighted by Crippen LogP contribution is 2.26. The summed E-state index contributed by atoms with van der Waals surface area (Å²) in [4.78, 5) is 19.3. The Labute approximate surface area is 136 Å². The molecule has 4 heterocycles. The summed E-state index contributed by atoms with van der Waals surface area (Å²) < 4.78 is 0. The lowest BCUT2D eigenvalue weighted by Gasteiger charge is -2.24. The average molecular weight is 307 g/mol. The number of aromatic nitrogens is 1. The van der Waals surface area contributed by atoms with Crippen molar-refractivity contribution in [3.63, 3.8) is 0 Å². The van der Waals surface area contributed by atoms with Crippen molar-refractivity contribution in [1.82, 2.24) is 10.3 Å². The highest BCUT2D eigenvalue weighted by molar-refractivity contribution is 6.09. The zero-order chi connectivity index (χ0) is 15.6. The van der Waals surface area contributed by atoms with Gasteiger partial charge < -0.3 is 10.2 Å². The number of nitrogens with zero attached hydrogens (tertiary/aromatic N) is 2. The predicted octanol–water partition coefficient (Wildman–Crippen LogP) is 2.50. The second-order valence-electron chi connectivity index (χ2n) is 6.58. The first-order valence-electron chi connectivity index (χ1n) is 8.33. The molecule has 118 valence electrons. The zero-order valence-electron chi connectivity index (χ0n) is 13.1. The Morgan fingerprint density at radius 3 is 2.74 bits per heavy atom. The topological polar surface area (TPSA) is 45.2 Å². The molecular formula is C19H21N3O. The molecule has 5 rings (SSSR count). The van der Waals surface area contributed by atoms with Crippen LogP contribution in [0.15, 0.2) is 48.8 Å². The van der Waals surface area contributed by atoms with Crippen molar-refractivity contribution < 1.29 is 4.79 Å². The normalized spacial score (nSPS) is 23.6. The fraction of sp³-hybridized carbons (Fsp3) is 0.368. The summed E-state index contributed by atoms with van der Waals surface area (Å²) in [6, 6.07) is 12.0. The number of hydrogen-bond donors (Lipinski definition) is 1. The highest BCUT2D eigenvalue weighted by Gasteiger charge is 2.29. The minimum atomic E-state index is 0.0378. The minimum Gasteiger partial charge on any atom is -0.368 e. The molecule has 0 spiro atoms. The molecule has 2 aromatic rings. The van der Waals surface area contributed by atoms with Crippen molar-refractivity contribution in [2.45, 2.75) is 18.9 Å². The van der Waals surface area contributed by atoms with E-state index >= 15 is 0 Å². The third kappa shape index (κ3) is 2.99. The van der Waals surface area contributed by atoms with Crippen LogP contribution in [0.5, 0.6) is 0 Å². The van der Waals surface area contributed by atoms with Crippen molar-refractivity contribution in [2.24, 2.45) is 5.92 Å². The number of carbonyl (C=O) groups excluding carboxylic acids is 1. The second-order valence-corrected chi connectivity index (χ2v) is 6.58. The maximum Gasteiger partial charge on any atom is 0.194 e. The maximum absolute atomic E-state index is 12.6. The van der Waals surface area contributed by atoms with E-state index in [9.17, 15) is 4.79 Å². The molecule has 0 aliphatic carbocycles. The van der Waals surface area contributed by atoms with E-state index in [0.29, 0.717) is 23.1 Å². The van der Waals surface area contributed by atoms with Crippen LogP contribution in [0.3, 0.4) is 0 Å². The van der Waals surface area contributed by atoms with E-state index in [1.165, 1.54) is 12.8 Å². The lowest BCUT2D eigenvalue weighted by Crippen LogP contribution is -2.39. The van der Waals surface area contributed by atoms with Crippen LogP contribution in [0.2, 0.25) is 0 Å². The molecule has 3 aliphatic rings. The molecule has 3 aliphatic heterocycles. The third-order valence-corrected chi connectivity index (χ3v) is 4.93. The number of hydrogen-bond acceptors (Lipinski definition) is 4. The number of rotatable bonds is 3. The number of nitrogens with one attached hydrogen (secondary N) is 1. The van der Waals surface area contributed by atoms with Crippen molar-refractivity contribution in [3.05, 3.63) is 59.9 Å². The summed E-state index contributed by atoms with van der Waals surface area (Å²) in [6.45, 7) is 3.16. The summed E-state index contributed by atoms with van der Waals surface area (Å²) >= 11 is 0. The van der Waals surface area contributed by atoms with Crippen molar-refractivity contribution in [1.29, 1.82) is 0 Å². The molecule has 2 atom stereocenters. The fourth-order valence-corrected chi connectivity index (χ4v) is 3.63. The van der Waals surface area contributed by atoms with Crippen LogP contribution in [0.25, 0.3) is 0 Å². The summed E-state index contributed by atoms with van der Waals surface area (Å²) in [5, 5.41) is 3.61. The number of carbonyl (C=O) groups is 1. The van der Waals surface area contributed by atoms with Gasteiger partial charge in [0.05, 0.1) is 11.9 Å². The van der Waals surface area contributed by atoms with Gasteiger partial charge in [-0.3, -0.25) is 9.78 Å². The summed E-state index contributed by atoms with van der Waals surface area (Å²) in [5.41, 5.74) is 2.44. The van der Waals surface area contributed by atoms with Crippen LogP contribution in [0.1, 0.15) is 28.8 Å². The standard InChI is InChI=1S/C19H21N3O/c23-19(15-4-2-1-3-5-15)16-8-18(11-20-10-16)22-12-14-6-7-17(13-22)21-9-14/h1-5,8,10-11,14,17,21H,6-7,9,12-13H2. The molecule has 0 amide bonds. The molecule has 1 aromatic carbocycles. The van der Waals surface area contributed by atoms with E-state index in [1.54, 1.807) is 6.20 Å². The molecule has 2 bridgehead atoms. The lowest BCUT2D eigenvalue weighted by atomic mass is 9.97. The first-order chi connectivity index (χ1) is 11.3. The van der Waals surface area contributed by atoms with E-state index in [2.05, 4.69) is 15.2 Å². The molecule has 3 fully saturated rings. The minimum absolute atomic E-state index is 0.0378. The van der Waals surface area contributed by atoms with Gasteiger partial charge in [-0.25, -0.2) is 0 Å². The molecule has 0 radical (unpaired) electrons. The van der Waals surface area contributed by atoms with Gasteiger partial charge >= 0.3 is 0 Å². The van der Waals surface area contributed by atoms with Crippen molar-refractivity contribution >= 4 is 11.5 Å². The molecule has 1 N–H and O–H groups in total. The second kappa shape index (κ2) is 6.13. The number of benzene rings is 1. The Balaban J connectivity index is 1.60. The van der Waals surface area contributed by atoms with Gasteiger partial charge in [-0.05, 0) is 31.4 Å². The smallest absolute Gasteiger partial charge is 0.194 e. The van der Waals surface area contributed by atoms with Gasteiger partial charge in [0.25, 0.3) is 0 Å². The van der Waals surface area contributed by atoms with Crippen LogP contribution >= 0.6 is 0 Å². The maximum atomic E-state index is 12.6. The van der Waals surface area contributed by atoms with Crippen LogP contribution < -0.4 is 10.2 Å². The Kier molecular flexibility index (Phi) is 3.83. The quantitative estimate of drug-likeness (QED) is 0.885. The molecule has 1 aromatic heterocycles. The zero-order valence-corrected chi connectivity index (χ0v) is 13.1. The van der Waals surface area contributed by atoms with Gasteiger partial charge in [0.15, 0.2) is 5.78 Å². The molecule has 4 heteroatoms. The Morgan fingerprint density at radius 1 is 1.09 bits per heavy atom. The Morgan fingerprint density at radius 2 is 1.96 bits per heavy atom. The number of fused-ring (bicyclic) bond motifs is 4. The number of piperidine rings is 1. The number of ketones is 1. The average Bonchev–Trinajstić information content (AvgIpc) is 2.96. The van der Waals surface area contributed by atoms with Crippen molar-refractivity contribution in [3.8, 4) is 0 Å². The third-order valence-electron chi connectivity index (χ3n) is 4.93. The van der Waals surface area contributed by atoms with E-state index in [-0.39, 0.29) is 5.78 Å². The molecule has 23 heavy (non-hydrogen) atoms. The highest BCUT2D eigenvalue weighted by atomic mass is 16.1. The largest absolute Gasteiger partial charge is 0.368 e. The Hall–Kier alpha value is -2.20. The summed E-state index contributed by atoms with van der Waals surface area (Å²) in [5.74, 6) is 0.734. The molecular weight excluding hydrogens is 286 g/mol. The van der Waals surface area contributed by atoms with Crippen LogP contribution in [0, 0.1) is 5.92 Å². The monoisotopic (exact) mass is 307 g/mol. The number of anilines is 1. The van der Waals surface area contributed by atoms with Gasteiger partial charge in [0.2, 0.25) is 0 Å². The molecule has 0 saturated carbocycles. The lowest BCUT2D eigenvalue weighted by molar-refractivity contribution is 0.103. The Bertz CT molecular complexity index is 679. The summed E-state index contributed by atoms with van der Waals surface area (Å²) in [7, 11) is 0. The van der Waals surface area contributed by atoms with Gasteiger partial charge in [-0.2, -0.15) is 0 Å². The van der Waals surface area contributed by atoms with Crippen LogP contribution in [0.4, 0.5) is 5.69 Å². The van der Waals surface area contributed by atoms with Crippen LogP contribution in [-0.2, 0) is 0 Å². The van der Waals surface area contributed by atoms with E-state index in [4.69, 9.17) is 0 Å². The van der Waals surface area contributed by atoms with E-state index in [1.807, 2.05) is 42.6 Å². The van der Waals surface area contributed by atoms with E-state index in [0.717, 1.165) is 25.3 Å². The van der Waals surface area contributed by atoms with Gasteiger partial charge in [-0.15, -0.1) is 0 Å². The van der Waals surface area contributed by atoms with E-state index < -0.39 is 0 Å². The first kappa shape index (κ1) is 14.4. The SMILES string of the molecule is O=C(c1ccccc1)c1cncc(N2CC3CCC(C2)NC3)c1.